The molecule has 0 saturated carbocycles. The lowest BCUT2D eigenvalue weighted by molar-refractivity contribution is -0.136. The summed E-state index contributed by atoms with van der Waals surface area (Å²) >= 11 is 0. The molecular formula is C4H9N3O2. The summed E-state index contributed by atoms with van der Waals surface area (Å²) in [4.78, 5) is 13.4. The topological polar surface area (TPSA) is 87.7 Å². The molecule has 0 saturated heterocycles. The molecule has 0 radical (unpaired) electrons. The van der Waals surface area contributed by atoms with Crippen LogP contribution in [-0.4, -0.2) is 24.0 Å². The Morgan fingerprint density at radius 2 is 2.56 bits per heavy atom. The molecule has 0 aromatic rings. The number of carbonyl (C=O) groups is 1. The van der Waals surface area contributed by atoms with Crippen LogP contribution in [0.1, 0.15) is 6.42 Å². The second-order valence-corrected chi connectivity index (χ2v) is 1.35. The summed E-state index contributed by atoms with van der Waals surface area (Å²) in [5.74, 6) is 3.94. The van der Waals surface area contributed by atoms with Gasteiger partial charge >= 0.3 is 5.97 Å². The lowest BCUT2D eigenvalue weighted by atomic mass is 10.4. The zero-order valence-electron chi connectivity index (χ0n) is 4.87. The van der Waals surface area contributed by atoms with Crippen LogP contribution in [0.3, 0.4) is 0 Å². The highest BCUT2D eigenvalue weighted by molar-refractivity contribution is 5.67. The Morgan fingerprint density at radius 3 is 3.00 bits per heavy atom. The molecule has 0 amide bonds. The van der Waals surface area contributed by atoms with E-state index in [4.69, 9.17) is 10.9 Å². The first kappa shape index (κ1) is 7.90. The number of hydrazine groups is 1. The minimum Gasteiger partial charge on any atom is -0.481 e. The summed E-state index contributed by atoms with van der Waals surface area (Å²) in [6.07, 6.45) is 1.29. The fraction of sp³-hybridized carbons (Fsp3) is 0.500. The van der Waals surface area contributed by atoms with Gasteiger partial charge in [-0.2, -0.15) is 0 Å². The zero-order valence-corrected chi connectivity index (χ0v) is 4.87. The number of hydrogen-bond acceptors (Lipinski definition) is 3. The normalized spacial score (nSPS) is 9.89. The van der Waals surface area contributed by atoms with Crippen molar-refractivity contribution in [2.24, 2.45) is 10.8 Å². The van der Waals surface area contributed by atoms with Crippen LogP contribution < -0.4 is 11.3 Å². The Hall–Kier alpha value is -1.10. The lowest BCUT2D eigenvalue weighted by Gasteiger charge is -1.87. The summed E-state index contributed by atoms with van der Waals surface area (Å²) in [6.45, 7) is 0.263. The van der Waals surface area contributed by atoms with Crippen molar-refractivity contribution in [2.45, 2.75) is 6.42 Å². The average Bonchev–Trinajstić information content (AvgIpc) is 1.80. The minimum atomic E-state index is -0.857. The predicted octanol–water partition coefficient (Wildman–Crippen LogP) is -1.05. The quantitative estimate of drug-likeness (QED) is 0.197. The van der Waals surface area contributed by atoms with Crippen LogP contribution in [-0.2, 0) is 4.79 Å². The van der Waals surface area contributed by atoms with E-state index in [1.807, 2.05) is 0 Å². The van der Waals surface area contributed by atoms with Gasteiger partial charge in [-0.1, -0.05) is 0 Å². The second kappa shape index (κ2) is 5.04. The fourth-order valence-electron chi connectivity index (χ4n) is 0.277. The number of nitrogens with zero attached hydrogens (tertiary/aromatic N) is 1. The molecule has 0 aliphatic carbocycles. The molecule has 9 heavy (non-hydrogen) atoms. The van der Waals surface area contributed by atoms with Gasteiger partial charge in [0.05, 0.1) is 19.3 Å². The first-order valence-corrected chi connectivity index (χ1v) is 2.43. The summed E-state index contributed by atoms with van der Waals surface area (Å²) in [6, 6.07) is 0. The van der Waals surface area contributed by atoms with Gasteiger partial charge in [0.25, 0.3) is 0 Å². The SMILES string of the molecule is NNC=NCCC(=O)O. The fourth-order valence-corrected chi connectivity index (χ4v) is 0.277. The molecule has 0 aliphatic rings. The number of nitrogens with two attached hydrogens (primary N) is 1. The first-order valence-electron chi connectivity index (χ1n) is 2.43. The largest absolute Gasteiger partial charge is 0.481 e. The van der Waals surface area contributed by atoms with E-state index in [1.165, 1.54) is 6.34 Å². The number of carboxylic acid groups (broad SMARTS) is 1. The Labute approximate surface area is 52.5 Å². The van der Waals surface area contributed by atoms with Gasteiger partial charge in [-0.3, -0.25) is 9.79 Å². The maximum Gasteiger partial charge on any atom is 0.305 e. The highest BCUT2D eigenvalue weighted by Crippen LogP contribution is 1.77. The van der Waals surface area contributed by atoms with Crippen LogP contribution >= 0.6 is 0 Å². The number of aliphatic imine (C=N–C) groups is 1. The van der Waals surface area contributed by atoms with E-state index in [9.17, 15) is 4.79 Å². The van der Waals surface area contributed by atoms with Gasteiger partial charge in [-0.25, -0.2) is 5.84 Å². The van der Waals surface area contributed by atoms with E-state index >= 15 is 0 Å². The van der Waals surface area contributed by atoms with Crippen LogP contribution in [0.25, 0.3) is 0 Å². The predicted molar refractivity (Wildman–Crippen MR) is 32.9 cm³/mol. The molecule has 52 valence electrons. The van der Waals surface area contributed by atoms with Crippen molar-refractivity contribution in [3.8, 4) is 0 Å². The van der Waals surface area contributed by atoms with E-state index in [1.54, 1.807) is 0 Å². The van der Waals surface area contributed by atoms with E-state index in [0.29, 0.717) is 0 Å². The third kappa shape index (κ3) is 6.90. The van der Waals surface area contributed by atoms with Gasteiger partial charge in [0, 0.05) is 0 Å². The van der Waals surface area contributed by atoms with Crippen LogP contribution in [0.2, 0.25) is 0 Å². The molecule has 0 bridgehead atoms. The molecule has 0 fully saturated rings. The third-order valence-electron chi connectivity index (χ3n) is 0.621. The van der Waals surface area contributed by atoms with Gasteiger partial charge in [-0.15, -0.1) is 0 Å². The molecule has 0 spiro atoms. The molecule has 0 heterocycles. The number of nitrogens with one attached hydrogen (secondary N) is 1. The molecule has 0 atom stereocenters. The van der Waals surface area contributed by atoms with Crippen molar-refractivity contribution in [1.82, 2.24) is 5.43 Å². The molecule has 0 unspecified atom stereocenters. The molecule has 0 aromatic carbocycles. The summed E-state index contributed by atoms with van der Waals surface area (Å²) in [5.41, 5.74) is 2.16. The van der Waals surface area contributed by atoms with Crippen LogP contribution in [0.5, 0.6) is 0 Å². The van der Waals surface area contributed by atoms with Crippen molar-refractivity contribution in [3.05, 3.63) is 0 Å². The van der Waals surface area contributed by atoms with Crippen molar-refractivity contribution in [2.75, 3.05) is 6.54 Å². The summed E-state index contributed by atoms with van der Waals surface area (Å²) in [5, 5.41) is 8.09. The van der Waals surface area contributed by atoms with E-state index < -0.39 is 5.97 Å². The van der Waals surface area contributed by atoms with E-state index in [-0.39, 0.29) is 13.0 Å². The minimum absolute atomic E-state index is 0.0399. The van der Waals surface area contributed by atoms with Gasteiger partial charge in [0.2, 0.25) is 0 Å². The van der Waals surface area contributed by atoms with Gasteiger partial charge < -0.3 is 10.5 Å². The highest BCUT2D eigenvalue weighted by Gasteiger charge is 1.90. The smallest absolute Gasteiger partial charge is 0.305 e. The van der Waals surface area contributed by atoms with Crippen LogP contribution in [0, 0.1) is 0 Å². The Balaban J connectivity index is 3.09. The van der Waals surface area contributed by atoms with Gasteiger partial charge in [0.15, 0.2) is 0 Å². The maximum absolute atomic E-state index is 9.84. The van der Waals surface area contributed by atoms with Crippen LogP contribution in [0.4, 0.5) is 0 Å². The molecule has 0 rings (SSSR count). The first-order chi connectivity index (χ1) is 4.27. The number of rotatable bonds is 4. The second-order valence-electron chi connectivity index (χ2n) is 1.35. The zero-order chi connectivity index (χ0) is 7.11. The Kier molecular flexibility index (Phi) is 4.43. The highest BCUT2D eigenvalue weighted by atomic mass is 16.4. The van der Waals surface area contributed by atoms with Crippen molar-refractivity contribution in [3.63, 3.8) is 0 Å². The van der Waals surface area contributed by atoms with Crippen molar-refractivity contribution >= 4 is 12.3 Å². The van der Waals surface area contributed by atoms with Gasteiger partial charge in [0.1, 0.15) is 0 Å². The summed E-state index contributed by atoms with van der Waals surface area (Å²) < 4.78 is 0. The van der Waals surface area contributed by atoms with E-state index in [2.05, 4.69) is 10.4 Å². The monoisotopic (exact) mass is 131 g/mol. The number of hydrogen-bond donors (Lipinski definition) is 3. The standard InChI is InChI=1S/C4H9N3O2/c5-7-3-6-2-1-4(8)9/h3H,1-2,5H2,(H,6,7)(H,8,9). The molecule has 4 N–H and O–H groups in total. The van der Waals surface area contributed by atoms with Gasteiger partial charge in [-0.05, 0) is 0 Å². The summed E-state index contributed by atoms with van der Waals surface area (Å²) in [7, 11) is 0. The maximum atomic E-state index is 9.84. The Bertz CT molecular complexity index is 112. The number of aliphatic carboxylic acids is 1. The lowest BCUT2D eigenvalue weighted by Crippen LogP contribution is -2.19. The molecule has 5 nitrogen and oxygen atoms in total. The molecule has 0 aliphatic heterocycles. The number of carboxylic acids is 1. The van der Waals surface area contributed by atoms with Crippen molar-refractivity contribution in [1.29, 1.82) is 0 Å². The average molecular weight is 131 g/mol. The van der Waals surface area contributed by atoms with Crippen LogP contribution in [0.15, 0.2) is 4.99 Å². The Morgan fingerprint density at radius 1 is 1.89 bits per heavy atom. The van der Waals surface area contributed by atoms with E-state index in [0.717, 1.165) is 0 Å². The molecular weight excluding hydrogens is 122 g/mol. The molecule has 5 heteroatoms. The third-order valence-corrected chi connectivity index (χ3v) is 0.621. The molecule has 0 aromatic heterocycles. The van der Waals surface area contributed by atoms with Crippen molar-refractivity contribution < 1.29 is 9.90 Å².